The first kappa shape index (κ1) is 31.4. The topological polar surface area (TPSA) is 91.6 Å². The zero-order valence-corrected chi connectivity index (χ0v) is 24.9. The van der Waals surface area contributed by atoms with Crippen LogP contribution in [0.4, 0.5) is 0 Å². The molecule has 1 aromatic heterocycles. The lowest BCUT2D eigenvalue weighted by atomic mass is 9.75. The van der Waals surface area contributed by atoms with Gasteiger partial charge in [0.15, 0.2) is 5.88 Å². The van der Waals surface area contributed by atoms with Crippen LogP contribution in [0.1, 0.15) is 102 Å². The molecule has 7 heteroatoms. The summed E-state index contributed by atoms with van der Waals surface area (Å²) in [7, 11) is 0. The summed E-state index contributed by atoms with van der Waals surface area (Å²) in [6, 6.07) is 1.58. The van der Waals surface area contributed by atoms with Crippen molar-refractivity contribution in [2.45, 2.75) is 118 Å². The fraction of sp³-hybridized carbons (Fsp3) is 0.786. The van der Waals surface area contributed by atoms with Crippen molar-refractivity contribution in [1.82, 2.24) is 9.88 Å². The lowest BCUT2D eigenvalue weighted by Crippen LogP contribution is -2.52. The molecule has 0 spiro atoms. The Balaban J connectivity index is 3.00. The first-order valence-electron chi connectivity index (χ1n) is 12.7. The molecule has 0 aliphatic heterocycles. The highest BCUT2D eigenvalue weighted by molar-refractivity contribution is 7.99. The van der Waals surface area contributed by atoms with Gasteiger partial charge in [-0.15, -0.1) is 11.8 Å². The fourth-order valence-corrected chi connectivity index (χ4v) is 6.56. The number of amides is 1. The number of aromatic hydroxyl groups is 2. The molecule has 0 aliphatic rings. The number of rotatable bonds is 12. The van der Waals surface area contributed by atoms with Gasteiger partial charge in [0.1, 0.15) is 5.78 Å². The summed E-state index contributed by atoms with van der Waals surface area (Å²) in [5, 5.41) is 24.9. The van der Waals surface area contributed by atoms with Crippen molar-refractivity contribution in [3.63, 3.8) is 0 Å². The van der Waals surface area contributed by atoms with Gasteiger partial charge < -0.3 is 15.5 Å². The number of hydrogen-bond donors (Lipinski definition) is 3. The lowest BCUT2D eigenvalue weighted by Gasteiger charge is -2.40. The minimum atomic E-state index is -0.669. The standard InChI is InChI=1S/C28H50N2O4S/c1-18(2)20(19(3)31)13-14-35-21-15-22(32)30(23(21)33)28(11,12)17-27(9,10)29-24(34)26(7,8)16-25(4,5)6/h15,18,20,32-33H,13-14,16-17H2,1-12H3,(H,29,34). The SMILES string of the molecule is CC(=O)C(CCSc1cc(O)n(C(C)(C)CC(C)(C)NC(=O)C(C)(C)CC(C)(C)C)c1O)C(C)C. The van der Waals surface area contributed by atoms with Crippen LogP contribution in [0, 0.1) is 22.7 Å². The third-order valence-electron chi connectivity index (χ3n) is 6.45. The summed E-state index contributed by atoms with van der Waals surface area (Å²) < 4.78 is 1.54. The highest BCUT2D eigenvalue weighted by atomic mass is 32.2. The van der Waals surface area contributed by atoms with Gasteiger partial charge in [0.2, 0.25) is 11.8 Å². The van der Waals surface area contributed by atoms with Gasteiger partial charge in [-0.1, -0.05) is 48.5 Å². The van der Waals surface area contributed by atoms with E-state index >= 15 is 0 Å². The van der Waals surface area contributed by atoms with Crippen LogP contribution in [0.2, 0.25) is 0 Å². The molecular weight excluding hydrogens is 460 g/mol. The molecule has 0 radical (unpaired) electrons. The molecular formula is C28H50N2O4S. The van der Waals surface area contributed by atoms with Gasteiger partial charge in [-0.25, -0.2) is 0 Å². The van der Waals surface area contributed by atoms with Gasteiger partial charge >= 0.3 is 0 Å². The van der Waals surface area contributed by atoms with E-state index in [0.717, 1.165) is 12.8 Å². The van der Waals surface area contributed by atoms with E-state index in [2.05, 4.69) is 26.1 Å². The van der Waals surface area contributed by atoms with Crippen LogP contribution in [0.3, 0.4) is 0 Å². The molecule has 0 aliphatic carbocycles. The fourth-order valence-electron chi connectivity index (χ4n) is 5.56. The Labute approximate surface area is 217 Å². The van der Waals surface area contributed by atoms with Crippen LogP contribution >= 0.6 is 11.8 Å². The predicted octanol–water partition coefficient (Wildman–Crippen LogP) is 6.73. The number of nitrogens with one attached hydrogen (secondary N) is 1. The largest absolute Gasteiger partial charge is 0.494 e. The molecule has 0 aromatic carbocycles. The molecule has 0 saturated heterocycles. The van der Waals surface area contributed by atoms with E-state index < -0.39 is 16.5 Å². The summed E-state index contributed by atoms with van der Waals surface area (Å²) in [4.78, 5) is 25.6. The molecule has 35 heavy (non-hydrogen) atoms. The number of carbonyl (C=O) groups is 2. The molecule has 6 nitrogen and oxygen atoms in total. The van der Waals surface area contributed by atoms with Crippen molar-refractivity contribution in [1.29, 1.82) is 0 Å². The number of nitrogens with zero attached hydrogens (tertiary/aromatic N) is 1. The van der Waals surface area contributed by atoms with E-state index in [1.807, 2.05) is 55.4 Å². The van der Waals surface area contributed by atoms with E-state index in [4.69, 9.17) is 0 Å². The second kappa shape index (κ2) is 11.2. The second-order valence-corrected chi connectivity index (χ2v) is 14.7. The van der Waals surface area contributed by atoms with Gasteiger partial charge in [0.05, 0.1) is 4.90 Å². The molecule has 0 saturated carbocycles. The van der Waals surface area contributed by atoms with Crippen LogP contribution in [-0.4, -0.2) is 37.8 Å². The van der Waals surface area contributed by atoms with Crippen LogP contribution < -0.4 is 5.32 Å². The Morgan fingerprint density at radius 3 is 2.00 bits per heavy atom. The molecule has 1 atom stereocenters. The Bertz CT molecular complexity index is 892. The molecule has 1 heterocycles. The van der Waals surface area contributed by atoms with Gasteiger partial charge in [0, 0.05) is 28.5 Å². The summed E-state index contributed by atoms with van der Waals surface area (Å²) in [6.45, 7) is 23.9. The maximum atomic E-state index is 13.1. The van der Waals surface area contributed by atoms with Gasteiger partial charge in [-0.2, -0.15) is 0 Å². The van der Waals surface area contributed by atoms with Crippen molar-refractivity contribution < 1.29 is 19.8 Å². The molecule has 1 rings (SSSR count). The Morgan fingerprint density at radius 1 is 1.00 bits per heavy atom. The molecule has 0 fully saturated rings. The maximum Gasteiger partial charge on any atom is 0.226 e. The number of thioether (sulfide) groups is 1. The second-order valence-electron chi connectivity index (χ2n) is 13.6. The summed E-state index contributed by atoms with van der Waals surface area (Å²) in [5.74, 6) is 1.10. The van der Waals surface area contributed by atoms with Crippen molar-refractivity contribution in [2.75, 3.05) is 5.75 Å². The molecule has 0 bridgehead atoms. The number of Topliss-reactive ketones (excluding diaryl/α,β-unsaturated/α-hetero) is 1. The highest BCUT2D eigenvalue weighted by Crippen LogP contribution is 2.43. The van der Waals surface area contributed by atoms with E-state index in [1.54, 1.807) is 13.0 Å². The van der Waals surface area contributed by atoms with E-state index in [-0.39, 0.29) is 40.7 Å². The van der Waals surface area contributed by atoms with E-state index in [9.17, 15) is 19.8 Å². The monoisotopic (exact) mass is 510 g/mol. The molecule has 3 N–H and O–H groups in total. The molecule has 1 unspecified atom stereocenters. The quantitative estimate of drug-likeness (QED) is 0.271. The van der Waals surface area contributed by atoms with Crippen LogP contribution in [0.25, 0.3) is 0 Å². The van der Waals surface area contributed by atoms with Crippen LogP contribution in [0.15, 0.2) is 11.0 Å². The number of ketones is 1. The number of aromatic nitrogens is 1. The molecule has 1 aromatic rings. The average Bonchev–Trinajstić information content (AvgIpc) is 2.88. The highest BCUT2D eigenvalue weighted by Gasteiger charge is 2.39. The molecule has 1 amide bonds. The molecule has 202 valence electrons. The first-order chi connectivity index (χ1) is 15.6. The van der Waals surface area contributed by atoms with Crippen molar-refractivity contribution >= 4 is 23.5 Å². The third-order valence-corrected chi connectivity index (χ3v) is 7.50. The summed E-state index contributed by atoms with van der Waals surface area (Å²) >= 11 is 1.45. The average molecular weight is 511 g/mol. The smallest absolute Gasteiger partial charge is 0.226 e. The summed E-state index contributed by atoms with van der Waals surface area (Å²) in [6.07, 6.45) is 1.97. The lowest BCUT2D eigenvalue weighted by molar-refractivity contribution is -0.133. The number of hydrogen-bond acceptors (Lipinski definition) is 5. The third kappa shape index (κ3) is 9.07. The zero-order valence-electron chi connectivity index (χ0n) is 24.1. The number of carbonyl (C=O) groups excluding carboxylic acids is 2. The first-order valence-corrected chi connectivity index (χ1v) is 13.7. The minimum absolute atomic E-state index is 0.00408. The Kier molecular flexibility index (Phi) is 10.0. The van der Waals surface area contributed by atoms with Crippen molar-refractivity contribution in [3.05, 3.63) is 6.07 Å². The van der Waals surface area contributed by atoms with E-state index in [0.29, 0.717) is 17.1 Å². The van der Waals surface area contributed by atoms with Crippen LogP contribution in [-0.2, 0) is 15.1 Å². The Hall–Kier alpha value is -1.63. The summed E-state index contributed by atoms with van der Waals surface area (Å²) in [5.41, 5.74) is -1.73. The van der Waals surface area contributed by atoms with E-state index in [1.165, 1.54) is 16.3 Å². The zero-order chi connectivity index (χ0) is 27.6. The van der Waals surface area contributed by atoms with Crippen molar-refractivity contribution in [2.24, 2.45) is 22.7 Å². The van der Waals surface area contributed by atoms with Crippen LogP contribution in [0.5, 0.6) is 11.8 Å². The van der Waals surface area contributed by atoms with Gasteiger partial charge in [0.25, 0.3) is 0 Å². The Morgan fingerprint density at radius 2 is 1.54 bits per heavy atom. The maximum absolute atomic E-state index is 13.1. The van der Waals surface area contributed by atoms with Gasteiger partial charge in [-0.05, 0) is 71.0 Å². The van der Waals surface area contributed by atoms with Gasteiger partial charge in [-0.3, -0.25) is 14.2 Å². The van der Waals surface area contributed by atoms with Crippen molar-refractivity contribution in [3.8, 4) is 11.8 Å². The minimum Gasteiger partial charge on any atom is -0.494 e. The normalized spacial score (nSPS) is 14.3. The predicted molar refractivity (Wildman–Crippen MR) is 146 cm³/mol.